The molecule has 0 saturated carbocycles. The summed E-state index contributed by atoms with van der Waals surface area (Å²) in [7, 11) is 0. The fraction of sp³-hybridized carbons (Fsp3) is 0.412. The lowest BCUT2D eigenvalue weighted by molar-refractivity contribution is -0.148. The summed E-state index contributed by atoms with van der Waals surface area (Å²) >= 11 is 1.18. The van der Waals surface area contributed by atoms with Gasteiger partial charge in [-0.15, -0.1) is 0 Å². The molecule has 0 saturated heterocycles. The van der Waals surface area contributed by atoms with Crippen LogP contribution in [0.1, 0.15) is 25.8 Å². The van der Waals surface area contributed by atoms with Crippen molar-refractivity contribution in [3.8, 4) is 11.4 Å². The average molecular weight is 347 g/mol. The summed E-state index contributed by atoms with van der Waals surface area (Å²) in [5.41, 5.74) is 0.908. The summed E-state index contributed by atoms with van der Waals surface area (Å²) in [6, 6.07) is 8.89. The third-order valence-electron chi connectivity index (χ3n) is 3.10. The van der Waals surface area contributed by atoms with Crippen molar-refractivity contribution < 1.29 is 14.3 Å². The molecule has 128 valence electrons. The number of carbonyl (C=O) groups is 2. The Hall–Kier alpha value is -2.28. The third-order valence-corrected chi connectivity index (χ3v) is 3.81. The zero-order valence-corrected chi connectivity index (χ0v) is 14.8. The second-order valence-electron chi connectivity index (χ2n) is 5.87. The van der Waals surface area contributed by atoms with Crippen LogP contribution in [0, 0.1) is 5.92 Å². The van der Waals surface area contributed by atoms with Gasteiger partial charge in [-0.1, -0.05) is 44.2 Å². The van der Waals surface area contributed by atoms with Crippen LogP contribution in [0.3, 0.4) is 0 Å². The SMILES string of the molecule is CC(C)COC(=O)[C@H](C)NC(=O)Cc1nc(-c2ccccc2)ns1. The first-order valence-electron chi connectivity index (χ1n) is 7.79. The van der Waals surface area contributed by atoms with Crippen LogP contribution in [-0.2, 0) is 20.7 Å². The summed E-state index contributed by atoms with van der Waals surface area (Å²) in [6.07, 6.45) is 0.0896. The standard InChI is InChI=1S/C17H21N3O3S/c1-11(2)10-23-17(22)12(3)18-14(21)9-15-19-16(20-24-15)13-7-5-4-6-8-13/h4-8,11-12H,9-10H2,1-3H3,(H,18,21)/t12-/m0/s1. The van der Waals surface area contributed by atoms with E-state index < -0.39 is 12.0 Å². The third kappa shape index (κ3) is 5.42. The van der Waals surface area contributed by atoms with E-state index in [2.05, 4.69) is 14.7 Å². The molecule has 7 heteroatoms. The van der Waals surface area contributed by atoms with Gasteiger partial charge in [0.25, 0.3) is 0 Å². The number of rotatable bonds is 7. The summed E-state index contributed by atoms with van der Waals surface area (Å²) < 4.78 is 9.36. The predicted octanol–water partition coefficient (Wildman–Crippen LogP) is 2.45. The van der Waals surface area contributed by atoms with Crippen molar-refractivity contribution in [2.75, 3.05) is 6.61 Å². The van der Waals surface area contributed by atoms with Gasteiger partial charge in [-0.2, -0.15) is 4.37 Å². The Morgan fingerprint density at radius 1 is 1.21 bits per heavy atom. The molecule has 1 atom stereocenters. The largest absolute Gasteiger partial charge is 0.464 e. The van der Waals surface area contributed by atoms with E-state index >= 15 is 0 Å². The predicted molar refractivity (Wildman–Crippen MR) is 92.5 cm³/mol. The number of esters is 1. The van der Waals surface area contributed by atoms with E-state index in [9.17, 15) is 9.59 Å². The number of amides is 1. The van der Waals surface area contributed by atoms with Crippen LogP contribution in [0.2, 0.25) is 0 Å². The Morgan fingerprint density at radius 3 is 2.58 bits per heavy atom. The van der Waals surface area contributed by atoms with Gasteiger partial charge in [-0.3, -0.25) is 4.79 Å². The van der Waals surface area contributed by atoms with Crippen molar-refractivity contribution in [2.45, 2.75) is 33.2 Å². The quantitative estimate of drug-likeness (QED) is 0.778. The Bertz CT molecular complexity index is 685. The molecule has 0 unspecified atom stereocenters. The fourth-order valence-corrected chi connectivity index (χ4v) is 2.55. The summed E-state index contributed by atoms with van der Waals surface area (Å²) in [6.45, 7) is 5.86. The summed E-state index contributed by atoms with van der Waals surface area (Å²) in [5, 5.41) is 3.23. The van der Waals surface area contributed by atoms with E-state index in [0.29, 0.717) is 17.4 Å². The first-order chi connectivity index (χ1) is 11.5. The van der Waals surface area contributed by atoms with E-state index in [1.807, 2.05) is 44.2 Å². The van der Waals surface area contributed by atoms with Crippen LogP contribution in [0.25, 0.3) is 11.4 Å². The Morgan fingerprint density at radius 2 is 1.92 bits per heavy atom. The van der Waals surface area contributed by atoms with Gasteiger partial charge in [0.15, 0.2) is 5.82 Å². The highest BCUT2D eigenvalue weighted by molar-refractivity contribution is 7.05. The van der Waals surface area contributed by atoms with E-state index in [0.717, 1.165) is 5.56 Å². The molecule has 2 aromatic rings. The molecule has 6 nitrogen and oxygen atoms in total. The number of nitrogens with zero attached hydrogens (tertiary/aromatic N) is 2. The lowest BCUT2D eigenvalue weighted by atomic mass is 10.2. The molecule has 24 heavy (non-hydrogen) atoms. The van der Waals surface area contributed by atoms with Crippen molar-refractivity contribution in [1.82, 2.24) is 14.7 Å². The van der Waals surface area contributed by atoms with Crippen molar-refractivity contribution in [1.29, 1.82) is 0 Å². The van der Waals surface area contributed by atoms with Crippen molar-refractivity contribution in [3.05, 3.63) is 35.3 Å². The summed E-state index contributed by atoms with van der Waals surface area (Å²) in [5.74, 6) is 0.154. The maximum absolute atomic E-state index is 12.0. The number of hydrogen-bond acceptors (Lipinski definition) is 6. The summed E-state index contributed by atoms with van der Waals surface area (Å²) in [4.78, 5) is 28.2. The van der Waals surface area contributed by atoms with Crippen molar-refractivity contribution >= 4 is 23.4 Å². The van der Waals surface area contributed by atoms with E-state index in [-0.39, 0.29) is 18.2 Å². The Labute approximate surface area is 145 Å². The van der Waals surface area contributed by atoms with Crippen LogP contribution in [0.4, 0.5) is 0 Å². The average Bonchev–Trinajstić information content (AvgIpc) is 3.01. The molecule has 0 aliphatic rings. The molecule has 0 radical (unpaired) electrons. The Kier molecular flexibility index (Phi) is 6.43. The van der Waals surface area contributed by atoms with Crippen LogP contribution in [-0.4, -0.2) is 33.9 Å². The minimum Gasteiger partial charge on any atom is -0.464 e. The van der Waals surface area contributed by atoms with E-state index in [1.54, 1.807) is 6.92 Å². The number of benzene rings is 1. The second-order valence-corrected chi connectivity index (χ2v) is 6.70. The normalized spacial score (nSPS) is 12.0. The van der Waals surface area contributed by atoms with Crippen LogP contribution in [0.5, 0.6) is 0 Å². The molecule has 0 bridgehead atoms. The molecule has 0 spiro atoms. The number of nitrogens with one attached hydrogen (secondary N) is 1. The number of aromatic nitrogens is 2. The molecule has 1 aromatic heterocycles. The molecule has 1 amide bonds. The van der Waals surface area contributed by atoms with Crippen molar-refractivity contribution in [2.24, 2.45) is 5.92 Å². The lowest BCUT2D eigenvalue weighted by Crippen LogP contribution is -2.40. The van der Waals surface area contributed by atoms with Crippen LogP contribution < -0.4 is 5.32 Å². The van der Waals surface area contributed by atoms with E-state index in [4.69, 9.17) is 4.74 Å². The zero-order valence-electron chi connectivity index (χ0n) is 14.0. The molecule has 1 heterocycles. The van der Waals surface area contributed by atoms with Crippen LogP contribution in [0.15, 0.2) is 30.3 Å². The maximum Gasteiger partial charge on any atom is 0.328 e. The van der Waals surface area contributed by atoms with Gasteiger partial charge >= 0.3 is 5.97 Å². The molecular weight excluding hydrogens is 326 g/mol. The molecule has 0 fully saturated rings. The number of ether oxygens (including phenoxy) is 1. The Balaban J connectivity index is 1.86. The number of carbonyl (C=O) groups excluding carboxylic acids is 2. The van der Waals surface area contributed by atoms with Crippen molar-refractivity contribution in [3.63, 3.8) is 0 Å². The highest BCUT2D eigenvalue weighted by atomic mass is 32.1. The minimum atomic E-state index is -0.683. The van der Waals surface area contributed by atoms with E-state index in [1.165, 1.54) is 11.5 Å². The van der Waals surface area contributed by atoms with Gasteiger partial charge < -0.3 is 10.1 Å². The first kappa shape index (κ1) is 18.1. The number of hydrogen-bond donors (Lipinski definition) is 1. The zero-order chi connectivity index (χ0) is 17.5. The van der Waals surface area contributed by atoms with Gasteiger partial charge in [0.05, 0.1) is 13.0 Å². The van der Waals surface area contributed by atoms with Gasteiger partial charge in [-0.05, 0) is 24.4 Å². The molecule has 2 rings (SSSR count). The van der Waals surface area contributed by atoms with Gasteiger partial charge in [0.1, 0.15) is 11.0 Å². The van der Waals surface area contributed by atoms with Gasteiger partial charge in [0, 0.05) is 5.56 Å². The van der Waals surface area contributed by atoms with Gasteiger partial charge in [0.2, 0.25) is 5.91 Å². The minimum absolute atomic E-state index is 0.0896. The highest BCUT2D eigenvalue weighted by Crippen LogP contribution is 2.17. The van der Waals surface area contributed by atoms with Crippen LogP contribution >= 0.6 is 11.5 Å². The van der Waals surface area contributed by atoms with Gasteiger partial charge in [-0.25, -0.2) is 9.78 Å². The highest BCUT2D eigenvalue weighted by Gasteiger charge is 2.18. The monoisotopic (exact) mass is 347 g/mol. The smallest absolute Gasteiger partial charge is 0.328 e. The fourth-order valence-electron chi connectivity index (χ4n) is 1.89. The molecule has 0 aliphatic carbocycles. The molecule has 0 aliphatic heterocycles. The molecular formula is C17H21N3O3S. The topological polar surface area (TPSA) is 81.2 Å². The maximum atomic E-state index is 12.0. The lowest BCUT2D eigenvalue weighted by Gasteiger charge is -2.14. The first-order valence-corrected chi connectivity index (χ1v) is 8.57. The second kappa shape index (κ2) is 8.54. The molecule has 1 N–H and O–H groups in total. The molecule has 1 aromatic carbocycles.